The van der Waals surface area contributed by atoms with Gasteiger partial charge in [0.05, 0.1) is 39.6 Å². The fraction of sp³-hybridized carbons (Fsp3) is 0.659. The lowest BCUT2D eigenvalue weighted by molar-refractivity contribution is -0.347. The summed E-state index contributed by atoms with van der Waals surface area (Å²) in [4.78, 5) is 96.9. The number of imidazole rings is 1. The number of unbranched alkanes of at least 4 members (excludes halogenated alkanes) is 4. The maximum atomic E-state index is 12.7. The van der Waals surface area contributed by atoms with Crippen molar-refractivity contribution in [3.63, 3.8) is 0 Å². The maximum Gasteiger partial charge on any atom is 0.274 e. The number of carbonyl (C=O) groups excluding carboxylic acids is 3. The van der Waals surface area contributed by atoms with Crippen molar-refractivity contribution in [1.29, 1.82) is 0 Å². The monoisotopic (exact) mass is 1070 g/mol. The van der Waals surface area contributed by atoms with E-state index < -0.39 is 84.6 Å². The van der Waals surface area contributed by atoms with Crippen LogP contribution in [-0.4, -0.2) is 115 Å². The molecule has 70 heavy (non-hydrogen) atoms. The molecule has 2 saturated heterocycles. The number of anilines is 1. The molecule has 2 aromatic heterocycles. The van der Waals surface area contributed by atoms with E-state index in [1.54, 1.807) is 0 Å². The van der Waals surface area contributed by atoms with Gasteiger partial charge in [-0.15, -0.1) is 0 Å². The van der Waals surface area contributed by atoms with Crippen LogP contribution in [0.25, 0.3) is 11.2 Å². The van der Waals surface area contributed by atoms with E-state index in [0.29, 0.717) is 30.8 Å². The molecule has 2 aliphatic rings. The lowest BCUT2D eigenvalue weighted by atomic mass is 9.87. The molecule has 394 valence electrons. The minimum absolute atomic E-state index is 0.00188. The van der Waals surface area contributed by atoms with E-state index in [1.807, 2.05) is 0 Å². The Balaban J connectivity index is 1.07. The number of phosphoric acid groups is 3. The average Bonchev–Trinajstić information content (AvgIpc) is 3.77. The van der Waals surface area contributed by atoms with Crippen molar-refractivity contribution in [2.45, 2.75) is 134 Å². The molecule has 2 amide bonds. The van der Waals surface area contributed by atoms with Crippen molar-refractivity contribution in [3.05, 3.63) is 49.1 Å². The lowest BCUT2D eigenvalue weighted by Gasteiger charge is -2.36. The van der Waals surface area contributed by atoms with Crippen LogP contribution in [0, 0.1) is 5.41 Å². The number of aliphatic hydroxyl groups excluding tert-OH is 2. The summed E-state index contributed by atoms with van der Waals surface area (Å²) in [6.45, 7) is 2.30. The number of aliphatic hydroxyl groups is 2. The van der Waals surface area contributed by atoms with Gasteiger partial charge in [-0.2, -0.15) is 0 Å². The standard InChI is InChI=1S/C41H66N7O18P3S/c1-4-5-6-7-11-14-17-28-29(63-28)18-15-12-9-8-10-13-16-19-32(50)70-23-22-43-31(49)20-21-44-39(53)36(52)41(2,3)25-62-69(59,60)66-68(57,58)61-24-30-35(65-67(54,55)56)34(51)40(64-30)48-27-47-33-37(42)45-26-46-38(33)48/h8,10-12,14-15,26-30,34-36,40,51-52H,4-7,9,13,16-25H2,1-3H3,(H,43,49)(H,44,53)(H,57,58)(H,59,60)(H2,42,45,46)(H2,54,55,56)/p-4/b10-8-,14-11-,15-12-/t28?,29?,30-,34-,35-,36+,40-/m1/s1. The fourth-order valence-corrected chi connectivity index (χ4v) is 10.2. The van der Waals surface area contributed by atoms with Crippen molar-refractivity contribution >= 4 is 69.1 Å². The number of thioether (sulfide) groups is 1. The number of allylic oxidation sites excluding steroid dienone is 4. The largest absolute Gasteiger partial charge is 0.790 e. The topological polar surface area (TPSA) is 387 Å². The number of carbonyl (C=O) groups is 3. The first kappa shape index (κ1) is 59.3. The smallest absolute Gasteiger partial charge is 0.274 e. The van der Waals surface area contributed by atoms with Crippen molar-refractivity contribution in [2.75, 3.05) is 37.8 Å². The molecule has 29 heteroatoms. The summed E-state index contributed by atoms with van der Waals surface area (Å²) in [6, 6.07) is 0. The zero-order chi connectivity index (χ0) is 51.5. The minimum atomic E-state index is -5.93. The molecule has 0 bridgehead atoms. The molecule has 0 aromatic carbocycles. The van der Waals surface area contributed by atoms with Gasteiger partial charge in [-0.25, -0.2) is 19.3 Å². The summed E-state index contributed by atoms with van der Waals surface area (Å²) in [7, 11) is -17.6. The number of amides is 2. The van der Waals surface area contributed by atoms with Gasteiger partial charge < -0.3 is 73.8 Å². The SMILES string of the molecule is CCCCC/C=C\CC1OC1C/C=C\C/C=C\CCCC(=O)SCCNC(=O)CCNC(=O)[C@H](O)C(C)(C)COP(=O)([O-])OP(=O)([O-])OC[C@H]1O[C@@H](n2cnc3c(N)ncnc32)[C@H](O)[C@@H]1OP(=O)([O-])[O-]. The highest BCUT2D eigenvalue weighted by atomic mass is 32.2. The molecule has 2 aromatic rings. The van der Waals surface area contributed by atoms with Crippen molar-refractivity contribution in [1.82, 2.24) is 30.2 Å². The first-order chi connectivity index (χ1) is 33.0. The predicted octanol–water partition coefficient (Wildman–Crippen LogP) is 1.49. The number of rotatable bonds is 33. The number of fused-ring (bicyclic) bond motifs is 1. The molecule has 25 nitrogen and oxygen atoms in total. The highest BCUT2D eigenvalue weighted by molar-refractivity contribution is 8.13. The maximum absolute atomic E-state index is 12.7. The zero-order valence-corrected chi connectivity index (χ0v) is 42.5. The van der Waals surface area contributed by atoms with Gasteiger partial charge in [-0.3, -0.25) is 28.1 Å². The van der Waals surface area contributed by atoms with E-state index in [4.69, 9.17) is 15.2 Å². The Morgan fingerprint density at radius 1 is 0.900 bits per heavy atom. The number of hydrogen-bond donors (Lipinski definition) is 5. The normalized spacial score (nSPS) is 23.0. The molecule has 4 unspecified atom stereocenters. The second kappa shape index (κ2) is 28.3. The van der Waals surface area contributed by atoms with Crippen LogP contribution in [0.4, 0.5) is 5.82 Å². The van der Waals surface area contributed by atoms with Crippen molar-refractivity contribution in [3.8, 4) is 0 Å². The number of nitrogens with one attached hydrogen (secondary N) is 2. The number of epoxide rings is 1. The Bertz CT molecular complexity index is 2260. The molecule has 2 aliphatic heterocycles. The molecule has 9 atom stereocenters. The van der Waals surface area contributed by atoms with Crippen LogP contribution < -0.4 is 35.9 Å². The number of nitrogens with zero attached hydrogens (tertiary/aromatic N) is 4. The van der Waals surface area contributed by atoms with E-state index in [2.05, 4.69) is 86.8 Å². The molecule has 6 N–H and O–H groups in total. The summed E-state index contributed by atoms with van der Waals surface area (Å²) >= 11 is 1.10. The second-order valence-corrected chi connectivity index (χ2v) is 22.1. The van der Waals surface area contributed by atoms with Gasteiger partial charge in [0.1, 0.15) is 36.3 Å². The van der Waals surface area contributed by atoms with Crippen LogP contribution >= 0.6 is 35.2 Å². The Morgan fingerprint density at radius 3 is 2.29 bits per heavy atom. The van der Waals surface area contributed by atoms with E-state index in [9.17, 15) is 57.9 Å². The number of hydrogen-bond acceptors (Lipinski definition) is 23. The minimum Gasteiger partial charge on any atom is -0.790 e. The summed E-state index contributed by atoms with van der Waals surface area (Å²) in [5.41, 5.74) is 4.08. The molecule has 0 aliphatic carbocycles. The van der Waals surface area contributed by atoms with Crippen LogP contribution in [0.2, 0.25) is 0 Å². The van der Waals surface area contributed by atoms with E-state index in [-0.39, 0.29) is 41.6 Å². The first-order valence-electron chi connectivity index (χ1n) is 22.6. The third-order valence-electron chi connectivity index (χ3n) is 10.7. The summed E-state index contributed by atoms with van der Waals surface area (Å²) < 4.78 is 66.6. The Morgan fingerprint density at radius 2 is 1.57 bits per heavy atom. The number of phosphoric ester groups is 3. The molecule has 4 heterocycles. The van der Waals surface area contributed by atoms with E-state index >= 15 is 0 Å². The third kappa shape index (κ3) is 20.7. The molecular formula is C41H62N7O18P3S-4. The summed E-state index contributed by atoms with van der Waals surface area (Å²) in [5.74, 6) is -1.20. The van der Waals surface area contributed by atoms with Crippen LogP contribution in [0.1, 0.15) is 97.6 Å². The average molecular weight is 1070 g/mol. The second-order valence-electron chi connectivity index (χ2n) is 16.9. The first-order valence-corrected chi connectivity index (χ1v) is 28.0. The highest BCUT2D eigenvalue weighted by Gasteiger charge is 2.47. The van der Waals surface area contributed by atoms with Crippen LogP contribution in [0.15, 0.2) is 49.1 Å². The molecule has 0 saturated carbocycles. The number of ether oxygens (including phenoxy) is 2. The van der Waals surface area contributed by atoms with Gasteiger partial charge >= 0.3 is 0 Å². The molecule has 2 fully saturated rings. The van der Waals surface area contributed by atoms with E-state index in [0.717, 1.165) is 61.1 Å². The Hall–Kier alpha value is -3.26. The molecule has 0 radical (unpaired) electrons. The number of aromatic nitrogens is 4. The van der Waals surface area contributed by atoms with Crippen molar-refractivity contribution < 1.29 is 85.2 Å². The quantitative estimate of drug-likeness (QED) is 0.0292. The molecule has 0 spiro atoms. The highest BCUT2D eigenvalue weighted by Crippen LogP contribution is 2.56. The lowest BCUT2D eigenvalue weighted by Crippen LogP contribution is -2.46. The van der Waals surface area contributed by atoms with Gasteiger partial charge in [-0.05, 0) is 44.9 Å². The van der Waals surface area contributed by atoms with E-state index in [1.165, 1.54) is 33.1 Å². The summed E-state index contributed by atoms with van der Waals surface area (Å²) in [6.07, 6.45) is 15.3. The zero-order valence-electron chi connectivity index (χ0n) is 39.0. The van der Waals surface area contributed by atoms with Gasteiger partial charge in [0.25, 0.3) is 15.6 Å². The van der Waals surface area contributed by atoms with Crippen LogP contribution in [-0.2, 0) is 55.4 Å². The number of nitrogen functional groups attached to an aromatic ring is 1. The number of nitrogens with two attached hydrogens (primary N) is 1. The summed E-state index contributed by atoms with van der Waals surface area (Å²) in [5, 5.41) is 26.4. The Labute approximate surface area is 409 Å². The Kier molecular flexibility index (Phi) is 23.9. The molecule has 4 rings (SSSR count). The van der Waals surface area contributed by atoms with Crippen molar-refractivity contribution in [2.24, 2.45) is 5.41 Å². The van der Waals surface area contributed by atoms with Gasteiger partial charge in [0.15, 0.2) is 22.8 Å². The van der Waals surface area contributed by atoms with Crippen LogP contribution in [0.5, 0.6) is 0 Å². The van der Waals surface area contributed by atoms with Gasteiger partial charge in [0.2, 0.25) is 11.8 Å². The fourth-order valence-electron chi connectivity index (χ4n) is 6.78. The van der Waals surface area contributed by atoms with Gasteiger partial charge in [-0.1, -0.05) is 81.8 Å². The van der Waals surface area contributed by atoms with Gasteiger partial charge in [0, 0.05) is 37.1 Å². The van der Waals surface area contributed by atoms with Crippen LogP contribution in [0.3, 0.4) is 0 Å². The predicted molar refractivity (Wildman–Crippen MR) is 246 cm³/mol. The third-order valence-corrected chi connectivity index (χ3v) is 14.6. The molecular weight excluding hydrogens is 1000 g/mol.